The van der Waals surface area contributed by atoms with E-state index in [1.54, 1.807) is 18.4 Å². The van der Waals surface area contributed by atoms with Gasteiger partial charge >= 0.3 is 0 Å². The standard InChI is InChI=1S/C14H17NOS/c1-9-8-13(10(2)17-9)14(15)11-4-6-12(16-3)7-5-11/h4-8,14H,15H2,1-3H3. The number of ether oxygens (including phenoxy) is 1. The van der Waals surface area contributed by atoms with E-state index in [0.717, 1.165) is 11.3 Å². The highest BCUT2D eigenvalue weighted by Crippen LogP contribution is 2.29. The van der Waals surface area contributed by atoms with E-state index in [1.807, 2.05) is 24.3 Å². The van der Waals surface area contributed by atoms with Crippen LogP contribution in [-0.2, 0) is 0 Å². The Labute approximate surface area is 106 Å². The van der Waals surface area contributed by atoms with Gasteiger partial charge in [-0.3, -0.25) is 0 Å². The molecule has 0 amide bonds. The highest BCUT2D eigenvalue weighted by molar-refractivity contribution is 7.12. The molecule has 0 fully saturated rings. The molecule has 0 aliphatic heterocycles. The fourth-order valence-electron chi connectivity index (χ4n) is 1.95. The molecule has 2 nitrogen and oxygen atoms in total. The van der Waals surface area contributed by atoms with E-state index < -0.39 is 0 Å². The van der Waals surface area contributed by atoms with Crippen molar-refractivity contribution in [3.05, 3.63) is 51.2 Å². The Morgan fingerprint density at radius 3 is 2.29 bits per heavy atom. The van der Waals surface area contributed by atoms with Crippen molar-refractivity contribution < 1.29 is 4.74 Å². The maximum Gasteiger partial charge on any atom is 0.118 e. The number of methoxy groups -OCH3 is 1. The largest absolute Gasteiger partial charge is 0.497 e. The average molecular weight is 247 g/mol. The molecule has 0 saturated heterocycles. The Morgan fingerprint density at radius 2 is 1.82 bits per heavy atom. The van der Waals surface area contributed by atoms with Crippen LogP contribution >= 0.6 is 11.3 Å². The Bertz CT molecular complexity index is 501. The lowest BCUT2D eigenvalue weighted by Gasteiger charge is -2.12. The van der Waals surface area contributed by atoms with Gasteiger partial charge in [0.2, 0.25) is 0 Å². The van der Waals surface area contributed by atoms with Gasteiger partial charge in [-0.25, -0.2) is 0 Å². The van der Waals surface area contributed by atoms with Gasteiger partial charge < -0.3 is 10.5 Å². The molecule has 0 aliphatic carbocycles. The summed E-state index contributed by atoms with van der Waals surface area (Å²) in [5.41, 5.74) is 8.63. The zero-order valence-electron chi connectivity index (χ0n) is 10.4. The van der Waals surface area contributed by atoms with Crippen molar-refractivity contribution >= 4 is 11.3 Å². The normalized spacial score (nSPS) is 12.5. The van der Waals surface area contributed by atoms with Crippen molar-refractivity contribution in [1.29, 1.82) is 0 Å². The summed E-state index contributed by atoms with van der Waals surface area (Å²) in [7, 11) is 1.67. The van der Waals surface area contributed by atoms with Crippen LogP contribution in [-0.4, -0.2) is 7.11 Å². The average Bonchev–Trinajstić information content (AvgIpc) is 2.68. The second kappa shape index (κ2) is 4.90. The van der Waals surface area contributed by atoms with E-state index in [-0.39, 0.29) is 6.04 Å². The second-order valence-corrected chi connectivity index (χ2v) is 5.58. The molecule has 3 heteroatoms. The SMILES string of the molecule is COc1ccc(C(N)c2cc(C)sc2C)cc1. The van der Waals surface area contributed by atoms with Crippen molar-refractivity contribution in [2.45, 2.75) is 19.9 Å². The predicted molar refractivity (Wildman–Crippen MR) is 72.8 cm³/mol. The minimum atomic E-state index is -0.0501. The molecular weight excluding hydrogens is 230 g/mol. The first-order valence-corrected chi connectivity index (χ1v) is 6.40. The second-order valence-electron chi connectivity index (χ2n) is 4.12. The minimum Gasteiger partial charge on any atom is -0.497 e. The van der Waals surface area contributed by atoms with Gasteiger partial charge in [-0.2, -0.15) is 0 Å². The molecule has 0 bridgehead atoms. The van der Waals surface area contributed by atoms with Gasteiger partial charge in [0.15, 0.2) is 0 Å². The Balaban J connectivity index is 2.30. The van der Waals surface area contributed by atoms with Crippen LogP contribution in [0.1, 0.15) is 26.9 Å². The summed E-state index contributed by atoms with van der Waals surface area (Å²) in [6.45, 7) is 4.23. The van der Waals surface area contributed by atoms with E-state index in [2.05, 4.69) is 19.9 Å². The maximum absolute atomic E-state index is 6.29. The summed E-state index contributed by atoms with van der Waals surface area (Å²) in [4.78, 5) is 2.60. The lowest BCUT2D eigenvalue weighted by Crippen LogP contribution is -2.11. The molecule has 1 unspecified atom stereocenters. The smallest absolute Gasteiger partial charge is 0.118 e. The maximum atomic E-state index is 6.29. The molecule has 0 radical (unpaired) electrons. The molecule has 1 aromatic carbocycles. The van der Waals surface area contributed by atoms with Crippen LogP contribution in [0.5, 0.6) is 5.75 Å². The van der Waals surface area contributed by atoms with Crippen molar-refractivity contribution in [1.82, 2.24) is 0 Å². The van der Waals surface area contributed by atoms with Crippen LogP contribution in [0.25, 0.3) is 0 Å². The molecule has 1 heterocycles. The van der Waals surface area contributed by atoms with Gasteiger partial charge in [-0.05, 0) is 43.2 Å². The third kappa shape index (κ3) is 2.51. The summed E-state index contributed by atoms with van der Waals surface area (Å²) in [5.74, 6) is 0.860. The molecule has 2 rings (SSSR count). The number of benzene rings is 1. The number of rotatable bonds is 3. The summed E-state index contributed by atoms with van der Waals surface area (Å²) >= 11 is 1.80. The van der Waals surface area contributed by atoms with E-state index in [0.29, 0.717) is 0 Å². The predicted octanol–water partition coefficient (Wildman–Crippen LogP) is 3.42. The summed E-state index contributed by atoms with van der Waals surface area (Å²) < 4.78 is 5.14. The van der Waals surface area contributed by atoms with Crippen LogP contribution in [0.2, 0.25) is 0 Å². The fraction of sp³-hybridized carbons (Fsp3) is 0.286. The van der Waals surface area contributed by atoms with Crippen LogP contribution in [0.3, 0.4) is 0 Å². The molecular formula is C14H17NOS. The van der Waals surface area contributed by atoms with E-state index in [1.165, 1.54) is 15.3 Å². The van der Waals surface area contributed by atoms with Crippen LogP contribution in [0.15, 0.2) is 30.3 Å². The molecule has 2 N–H and O–H groups in total. The number of aryl methyl sites for hydroxylation is 2. The number of thiophene rings is 1. The molecule has 1 atom stereocenters. The number of nitrogens with two attached hydrogens (primary N) is 1. The Kier molecular flexibility index (Phi) is 3.50. The zero-order valence-corrected chi connectivity index (χ0v) is 11.2. The first-order chi connectivity index (χ1) is 8.11. The van der Waals surface area contributed by atoms with Crippen LogP contribution in [0.4, 0.5) is 0 Å². The highest BCUT2D eigenvalue weighted by atomic mass is 32.1. The number of hydrogen-bond donors (Lipinski definition) is 1. The van der Waals surface area contributed by atoms with Crippen LogP contribution < -0.4 is 10.5 Å². The van der Waals surface area contributed by atoms with Gasteiger partial charge in [-0.15, -0.1) is 11.3 Å². The molecule has 2 aromatic rings. The van der Waals surface area contributed by atoms with E-state index in [4.69, 9.17) is 10.5 Å². The van der Waals surface area contributed by atoms with Gasteiger partial charge in [-0.1, -0.05) is 12.1 Å². The molecule has 1 aromatic heterocycles. The third-order valence-electron chi connectivity index (χ3n) is 2.89. The van der Waals surface area contributed by atoms with Crippen molar-refractivity contribution in [3.63, 3.8) is 0 Å². The molecule has 17 heavy (non-hydrogen) atoms. The lowest BCUT2D eigenvalue weighted by molar-refractivity contribution is 0.414. The van der Waals surface area contributed by atoms with Crippen molar-refractivity contribution in [2.75, 3.05) is 7.11 Å². The highest BCUT2D eigenvalue weighted by Gasteiger charge is 2.13. The van der Waals surface area contributed by atoms with E-state index >= 15 is 0 Å². The molecule has 0 aliphatic rings. The third-order valence-corrected chi connectivity index (χ3v) is 3.87. The van der Waals surface area contributed by atoms with Gasteiger partial charge in [0.1, 0.15) is 5.75 Å². The first-order valence-electron chi connectivity index (χ1n) is 5.58. The lowest BCUT2D eigenvalue weighted by atomic mass is 10.00. The Hall–Kier alpha value is -1.32. The van der Waals surface area contributed by atoms with Crippen LogP contribution in [0, 0.1) is 13.8 Å². The zero-order chi connectivity index (χ0) is 12.4. The van der Waals surface area contributed by atoms with Crippen molar-refractivity contribution in [2.24, 2.45) is 5.73 Å². The summed E-state index contributed by atoms with van der Waals surface area (Å²) in [5, 5.41) is 0. The summed E-state index contributed by atoms with van der Waals surface area (Å²) in [6.07, 6.45) is 0. The number of hydrogen-bond acceptors (Lipinski definition) is 3. The Morgan fingerprint density at radius 1 is 1.18 bits per heavy atom. The molecule has 0 spiro atoms. The molecule has 90 valence electrons. The van der Waals surface area contributed by atoms with Crippen molar-refractivity contribution in [3.8, 4) is 5.75 Å². The van der Waals surface area contributed by atoms with Gasteiger partial charge in [0, 0.05) is 9.75 Å². The monoisotopic (exact) mass is 247 g/mol. The summed E-state index contributed by atoms with van der Waals surface area (Å²) in [6, 6.07) is 10.1. The fourth-order valence-corrected chi connectivity index (χ4v) is 2.92. The quantitative estimate of drug-likeness (QED) is 0.902. The first kappa shape index (κ1) is 12.1. The van der Waals surface area contributed by atoms with Gasteiger partial charge in [0.25, 0.3) is 0 Å². The van der Waals surface area contributed by atoms with E-state index in [9.17, 15) is 0 Å². The minimum absolute atomic E-state index is 0.0501. The topological polar surface area (TPSA) is 35.2 Å². The van der Waals surface area contributed by atoms with Gasteiger partial charge in [0.05, 0.1) is 13.2 Å². The molecule has 0 saturated carbocycles.